The maximum Gasteiger partial charge on any atom is 0.573 e. The van der Waals surface area contributed by atoms with Gasteiger partial charge in [-0.3, -0.25) is 9.69 Å². The van der Waals surface area contributed by atoms with Crippen LogP contribution in [0.3, 0.4) is 0 Å². The number of alkyl halides is 3. The van der Waals surface area contributed by atoms with E-state index in [1.807, 2.05) is 18.7 Å². The molecule has 9 heteroatoms. The highest BCUT2D eigenvalue weighted by Gasteiger charge is 2.31. The maximum atomic E-state index is 12.6. The molecular formula is C20H24F3N3O3. The lowest BCUT2D eigenvalue weighted by Gasteiger charge is -2.38. The summed E-state index contributed by atoms with van der Waals surface area (Å²) in [5.74, 6) is 0.476. The Morgan fingerprint density at radius 2 is 1.79 bits per heavy atom. The number of rotatable bonds is 5. The molecule has 0 bridgehead atoms. The van der Waals surface area contributed by atoms with Crippen LogP contribution in [0.25, 0.3) is 0 Å². The fourth-order valence-electron chi connectivity index (χ4n) is 3.53. The van der Waals surface area contributed by atoms with Crippen molar-refractivity contribution in [3.05, 3.63) is 46.8 Å². The van der Waals surface area contributed by atoms with Gasteiger partial charge in [0.25, 0.3) is 0 Å². The Morgan fingerprint density at radius 3 is 2.31 bits per heavy atom. The molecule has 2 aromatic rings. The molecule has 1 aromatic carbocycles. The highest BCUT2D eigenvalue weighted by molar-refractivity contribution is 5.79. The molecule has 1 amide bonds. The predicted molar refractivity (Wildman–Crippen MR) is 99.4 cm³/mol. The van der Waals surface area contributed by atoms with Gasteiger partial charge in [-0.15, -0.1) is 13.2 Å². The average Bonchev–Trinajstić information content (AvgIpc) is 2.99. The first-order valence-electron chi connectivity index (χ1n) is 9.43. The minimum absolute atomic E-state index is 0.0229. The summed E-state index contributed by atoms with van der Waals surface area (Å²) in [5, 5.41) is 3.88. The molecule has 2 heterocycles. The van der Waals surface area contributed by atoms with Crippen LogP contribution >= 0.6 is 0 Å². The van der Waals surface area contributed by atoms with Crippen molar-refractivity contribution >= 4 is 5.91 Å². The van der Waals surface area contributed by atoms with Gasteiger partial charge in [-0.1, -0.05) is 17.3 Å². The van der Waals surface area contributed by atoms with Gasteiger partial charge in [0.05, 0.1) is 12.1 Å². The third kappa shape index (κ3) is 5.29. The molecule has 1 atom stereocenters. The number of carbonyl (C=O) groups is 1. The van der Waals surface area contributed by atoms with Gasteiger partial charge < -0.3 is 14.2 Å². The monoisotopic (exact) mass is 411 g/mol. The Morgan fingerprint density at radius 1 is 1.17 bits per heavy atom. The number of aryl methyl sites for hydroxylation is 2. The fraction of sp³-hybridized carbons (Fsp3) is 0.500. The SMILES string of the molecule is Cc1noc(C)c1CC(=O)N1CCN(C(C)c2ccc(OC(F)(F)F)cc2)CC1. The summed E-state index contributed by atoms with van der Waals surface area (Å²) >= 11 is 0. The van der Waals surface area contributed by atoms with Gasteiger partial charge in [-0.25, -0.2) is 0 Å². The molecule has 1 unspecified atom stereocenters. The summed E-state index contributed by atoms with van der Waals surface area (Å²) in [6.45, 7) is 8.20. The van der Waals surface area contributed by atoms with Crippen LogP contribution in [0.1, 0.15) is 35.5 Å². The number of benzene rings is 1. The van der Waals surface area contributed by atoms with Gasteiger partial charge in [-0.2, -0.15) is 0 Å². The number of aromatic nitrogens is 1. The lowest BCUT2D eigenvalue weighted by Crippen LogP contribution is -2.49. The molecule has 1 aliphatic heterocycles. The van der Waals surface area contributed by atoms with Crippen molar-refractivity contribution in [1.82, 2.24) is 15.0 Å². The summed E-state index contributed by atoms with van der Waals surface area (Å²) < 4.78 is 45.9. The van der Waals surface area contributed by atoms with E-state index in [-0.39, 0.29) is 24.1 Å². The van der Waals surface area contributed by atoms with Gasteiger partial charge in [-0.05, 0) is 38.5 Å². The van der Waals surface area contributed by atoms with Gasteiger partial charge in [0.15, 0.2) is 0 Å². The highest BCUT2D eigenvalue weighted by atomic mass is 19.4. The first-order valence-corrected chi connectivity index (χ1v) is 9.43. The topological polar surface area (TPSA) is 58.8 Å². The summed E-state index contributed by atoms with van der Waals surface area (Å²) in [4.78, 5) is 16.6. The summed E-state index contributed by atoms with van der Waals surface area (Å²) in [5.41, 5.74) is 2.48. The van der Waals surface area contributed by atoms with Crippen LogP contribution < -0.4 is 4.74 Å². The van der Waals surface area contributed by atoms with Gasteiger partial charge in [0.1, 0.15) is 11.5 Å². The second-order valence-corrected chi connectivity index (χ2v) is 7.19. The normalized spacial score (nSPS) is 16.7. The van der Waals surface area contributed by atoms with Crippen molar-refractivity contribution in [2.24, 2.45) is 0 Å². The van der Waals surface area contributed by atoms with E-state index >= 15 is 0 Å². The average molecular weight is 411 g/mol. The Hall–Kier alpha value is -2.55. The van der Waals surface area contributed by atoms with Crippen molar-refractivity contribution in [1.29, 1.82) is 0 Å². The molecule has 3 rings (SSSR count). The summed E-state index contributed by atoms with van der Waals surface area (Å²) in [7, 11) is 0. The number of piperazine rings is 1. The molecule has 0 radical (unpaired) electrons. The zero-order valence-electron chi connectivity index (χ0n) is 16.6. The molecule has 1 fully saturated rings. The largest absolute Gasteiger partial charge is 0.573 e. The lowest BCUT2D eigenvalue weighted by atomic mass is 10.1. The lowest BCUT2D eigenvalue weighted by molar-refractivity contribution is -0.274. The number of hydrogen-bond donors (Lipinski definition) is 0. The molecule has 0 aliphatic carbocycles. The van der Waals surface area contributed by atoms with E-state index in [1.54, 1.807) is 19.1 Å². The first-order chi connectivity index (χ1) is 13.6. The number of nitrogens with zero attached hydrogens (tertiary/aromatic N) is 3. The van der Waals surface area contributed by atoms with Crippen molar-refractivity contribution in [2.75, 3.05) is 26.2 Å². The van der Waals surface area contributed by atoms with E-state index < -0.39 is 6.36 Å². The molecular weight excluding hydrogens is 387 g/mol. The zero-order valence-corrected chi connectivity index (χ0v) is 16.6. The van der Waals surface area contributed by atoms with Crippen molar-refractivity contribution < 1.29 is 27.2 Å². The number of amides is 1. The highest BCUT2D eigenvalue weighted by Crippen LogP contribution is 2.27. The van der Waals surface area contributed by atoms with Crippen LogP contribution in [0.15, 0.2) is 28.8 Å². The molecule has 1 saturated heterocycles. The maximum absolute atomic E-state index is 12.6. The molecule has 6 nitrogen and oxygen atoms in total. The Labute approximate surface area is 167 Å². The second kappa shape index (κ2) is 8.44. The Bertz CT molecular complexity index is 821. The standard InChI is InChI=1S/C20H24F3N3O3/c1-13-18(15(3)29-24-13)12-19(27)26-10-8-25(9-11-26)14(2)16-4-6-17(7-5-16)28-20(21,22)23/h4-7,14H,8-12H2,1-3H3. The van der Waals surface area contributed by atoms with Crippen LogP contribution in [-0.2, 0) is 11.2 Å². The third-order valence-corrected chi connectivity index (χ3v) is 5.32. The number of ether oxygens (including phenoxy) is 1. The minimum Gasteiger partial charge on any atom is -0.406 e. The zero-order chi connectivity index (χ0) is 21.2. The van der Waals surface area contributed by atoms with Gasteiger partial charge >= 0.3 is 6.36 Å². The first kappa shape index (κ1) is 21.2. The minimum atomic E-state index is -4.69. The third-order valence-electron chi connectivity index (χ3n) is 5.32. The van der Waals surface area contributed by atoms with E-state index in [9.17, 15) is 18.0 Å². The van der Waals surface area contributed by atoms with Crippen LogP contribution in [0.4, 0.5) is 13.2 Å². The smallest absolute Gasteiger partial charge is 0.406 e. The number of carbonyl (C=O) groups excluding carboxylic acids is 1. The second-order valence-electron chi connectivity index (χ2n) is 7.19. The molecule has 158 valence electrons. The van der Waals surface area contributed by atoms with E-state index in [4.69, 9.17) is 4.52 Å². The van der Waals surface area contributed by atoms with Gasteiger partial charge in [0, 0.05) is 37.8 Å². The van der Waals surface area contributed by atoms with Crippen molar-refractivity contribution in [3.63, 3.8) is 0 Å². The molecule has 0 saturated carbocycles. The Kier molecular flexibility index (Phi) is 6.16. The fourth-order valence-corrected chi connectivity index (χ4v) is 3.53. The number of hydrogen-bond acceptors (Lipinski definition) is 5. The molecule has 0 N–H and O–H groups in total. The quantitative estimate of drug-likeness (QED) is 0.752. The van der Waals surface area contributed by atoms with Crippen molar-refractivity contribution in [3.8, 4) is 5.75 Å². The summed E-state index contributed by atoms with van der Waals surface area (Å²) in [6, 6.07) is 5.95. The van der Waals surface area contributed by atoms with E-state index in [0.29, 0.717) is 31.9 Å². The predicted octanol–water partition coefficient (Wildman–Crippen LogP) is 3.64. The van der Waals surface area contributed by atoms with E-state index in [2.05, 4.69) is 14.8 Å². The Balaban J connectivity index is 1.54. The van der Waals surface area contributed by atoms with Crippen LogP contribution in [0.5, 0.6) is 5.75 Å². The van der Waals surface area contributed by atoms with Crippen LogP contribution in [-0.4, -0.2) is 53.4 Å². The van der Waals surface area contributed by atoms with E-state index in [1.165, 1.54) is 12.1 Å². The molecule has 1 aromatic heterocycles. The van der Waals surface area contributed by atoms with Crippen molar-refractivity contribution in [2.45, 2.75) is 39.6 Å². The molecule has 29 heavy (non-hydrogen) atoms. The van der Waals surface area contributed by atoms with Gasteiger partial charge in [0.2, 0.25) is 5.91 Å². The number of halogens is 3. The molecule has 0 spiro atoms. The van der Waals surface area contributed by atoms with Crippen LogP contribution in [0, 0.1) is 13.8 Å². The van der Waals surface area contributed by atoms with Crippen LogP contribution in [0.2, 0.25) is 0 Å². The van der Waals surface area contributed by atoms with E-state index in [0.717, 1.165) is 16.8 Å². The summed E-state index contributed by atoms with van der Waals surface area (Å²) in [6.07, 6.45) is -4.42. The molecule has 1 aliphatic rings.